The van der Waals surface area contributed by atoms with Crippen LogP contribution in [0.1, 0.15) is 37.4 Å². The van der Waals surface area contributed by atoms with E-state index in [0.29, 0.717) is 16.9 Å². The van der Waals surface area contributed by atoms with Gasteiger partial charge in [-0.1, -0.05) is 11.6 Å². The van der Waals surface area contributed by atoms with E-state index in [4.69, 9.17) is 0 Å². The fraction of sp³-hybridized carbons (Fsp3) is 0.0952. The Labute approximate surface area is 165 Å². The van der Waals surface area contributed by atoms with Gasteiger partial charge in [0.1, 0.15) is 11.6 Å². The van der Waals surface area contributed by atoms with Crippen molar-refractivity contribution in [3.8, 4) is 0 Å². The molecule has 2 aromatic carbocycles. The van der Waals surface area contributed by atoms with Gasteiger partial charge in [0.05, 0.1) is 23.2 Å². The Hall–Kier alpha value is -3.94. The first-order chi connectivity index (χ1) is 13.9. The fourth-order valence-corrected chi connectivity index (χ4v) is 3.30. The fourth-order valence-electron chi connectivity index (χ4n) is 3.30. The van der Waals surface area contributed by atoms with E-state index >= 15 is 0 Å². The summed E-state index contributed by atoms with van der Waals surface area (Å²) in [4.78, 5) is 36.4. The number of fused-ring (bicyclic) bond motifs is 1. The largest absolute Gasteiger partial charge is 0.311 e. The number of hydrazine groups is 1. The molecule has 0 radical (unpaired) electrons. The molecule has 2 aliphatic rings. The summed E-state index contributed by atoms with van der Waals surface area (Å²) in [5.74, 6) is -1.18. The summed E-state index contributed by atoms with van der Waals surface area (Å²) in [7, 11) is 0. The molecule has 0 saturated carbocycles. The van der Waals surface area contributed by atoms with Crippen molar-refractivity contribution in [1.29, 1.82) is 0 Å². The first-order valence-corrected chi connectivity index (χ1v) is 8.90. The lowest BCUT2D eigenvalue weighted by atomic mass is 9.97. The van der Waals surface area contributed by atoms with Crippen molar-refractivity contribution in [2.75, 3.05) is 0 Å². The Bertz CT molecular complexity index is 1100. The average molecular weight is 392 g/mol. The van der Waals surface area contributed by atoms with Crippen LogP contribution < -0.4 is 21.5 Å². The van der Waals surface area contributed by atoms with Gasteiger partial charge in [0.2, 0.25) is 5.91 Å². The summed E-state index contributed by atoms with van der Waals surface area (Å²) < 4.78 is 13.0. The van der Waals surface area contributed by atoms with Crippen LogP contribution in [0.25, 0.3) is 5.70 Å². The Morgan fingerprint density at radius 2 is 1.79 bits per heavy atom. The Morgan fingerprint density at radius 1 is 1.03 bits per heavy atom. The summed E-state index contributed by atoms with van der Waals surface area (Å²) in [6.07, 6.45) is 3.36. The molecule has 0 spiro atoms. The molecule has 7 nitrogen and oxygen atoms in total. The number of imide groups is 1. The number of nitrogens with one attached hydrogen (secondary N) is 4. The number of aryl methyl sites for hydroxylation is 1. The van der Waals surface area contributed by atoms with Crippen LogP contribution in [-0.4, -0.2) is 17.7 Å². The predicted molar refractivity (Wildman–Crippen MR) is 104 cm³/mol. The molecule has 4 rings (SSSR count). The number of carbonyl (C=O) groups is 3. The van der Waals surface area contributed by atoms with Crippen molar-refractivity contribution < 1.29 is 18.8 Å². The summed E-state index contributed by atoms with van der Waals surface area (Å²) in [5.41, 5.74) is 9.12. The lowest BCUT2D eigenvalue weighted by Gasteiger charge is -2.20. The van der Waals surface area contributed by atoms with Crippen molar-refractivity contribution in [3.63, 3.8) is 0 Å². The molecule has 0 unspecified atom stereocenters. The molecule has 2 heterocycles. The quantitative estimate of drug-likeness (QED) is 0.594. The summed E-state index contributed by atoms with van der Waals surface area (Å²) in [5, 5.41) is 4.97. The second-order valence-electron chi connectivity index (χ2n) is 6.77. The Balaban J connectivity index is 1.48. The smallest absolute Gasteiger partial charge is 0.259 e. The van der Waals surface area contributed by atoms with Gasteiger partial charge < -0.3 is 5.32 Å². The number of amides is 3. The first kappa shape index (κ1) is 18.4. The third-order valence-corrected chi connectivity index (χ3v) is 4.59. The van der Waals surface area contributed by atoms with Gasteiger partial charge in [0.25, 0.3) is 11.8 Å². The summed E-state index contributed by atoms with van der Waals surface area (Å²) in [6.45, 7) is 1.80. The van der Waals surface area contributed by atoms with Gasteiger partial charge >= 0.3 is 0 Å². The van der Waals surface area contributed by atoms with Gasteiger partial charge in [-0.15, -0.1) is 0 Å². The lowest BCUT2D eigenvalue weighted by Crippen LogP contribution is -2.40. The Morgan fingerprint density at radius 3 is 2.48 bits per heavy atom. The van der Waals surface area contributed by atoms with Crippen LogP contribution in [0.2, 0.25) is 0 Å². The van der Waals surface area contributed by atoms with Gasteiger partial charge in [-0.2, -0.15) is 0 Å². The zero-order valence-electron chi connectivity index (χ0n) is 15.4. The topological polar surface area (TPSA) is 99.3 Å². The van der Waals surface area contributed by atoms with Gasteiger partial charge in [-0.05, 0) is 60.5 Å². The minimum absolute atomic E-state index is 0.0573. The average Bonchev–Trinajstić information content (AvgIpc) is 2.96. The molecule has 29 heavy (non-hydrogen) atoms. The number of rotatable bonds is 4. The van der Waals surface area contributed by atoms with Crippen LogP contribution in [0.5, 0.6) is 0 Å². The zero-order chi connectivity index (χ0) is 20.5. The standard InChI is InChI=1S/C21H17FN4O3/c1-11-8-13(19-15(9-11)20(28)24-21(19)29)10-18(27)23-17-7-6-16(25-26-17)12-2-4-14(22)5-3-12/h2-9,25-26H,10H2,1H3,(H,23,27)(H,24,28,29). The van der Waals surface area contributed by atoms with Crippen LogP contribution in [-0.2, 0) is 11.2 Å². The minimum atomic E-state index is -0.489. The number of halogens is 1. The van der Waals surface area contributed by atoms with E-state index < -0.39 is 11.8 Å². The lowest BCUT2D eigenvalue weighted by molar-refractivity contribution is -0.119. The third kappa shape index (κ3) is 3.73. The summed E-state index contributed by atoms with van der Waals surface area (Å²) in [6, 6.07) is 9.36. The zero-order valence-corrected chi connectivity index (χ0v) is 15.4. The van der Waals surface area contributed by atoms with Crippen molar-refractivity contribution >= 4 is 23.4 Å². The number of benzene rings is 2. The van der Waals surface area contributed by atoms with Crippen LogP contribution >= 0.6 is 0 Å². The molecule has 0 saturated heterocycles. The predicted octanol–water partition coefficient (Wildman–Crippen LogP) is 1.67. The van der Waals surface area contributed by atoms with Crippen LogP contribution in [0, 0.1) is 12.7 Å². The van der Waals surface area contributed by atoms with Crippen molar-refractivity contribution in [2.45, 2.75) is 13.3 Å². The molecular formula is C21H17FN4O3. The van der Waals surface area contributed by atoms with Crippen molar-refractivity contribution in [1.82, 2.24) is 21.5 Å². The molecule has 2 aromatic rings. The number of allylic oxidation sites excluding steroid dienone is 2. The highest BCUT2D eigenvalue weighted by Gasteiger charge is 2.30. The van der Waals surface area contributed by atoms with Crippen molar-refractivity contribution in [2.24, 2.45) is 0 Å². The van der Waals surface area contributed by atoms with E-state index in [1.54, 1.807) is 43.3 Å². The monoisotopic (exact) mass is 392 g/mol. The molecule has 8 heteroatoms. The summed E-state index contributed by atoms with van der Waals surface area (Å²) >= 11 is 0. The molecular weight excluding hydrogens is 375 g/mol. The number of hydrogen-bond acceptors (Lipinski definition) is 5. The van der Waals surface area contributed by atoms with Gasteiger partial charge in [-0.25, -0.2) is 4.39 Å². The normalized spacial score (nSPS) is 14.8. The van der Waals surface area contributed by atoms with Gasteiger partial charge in [0, 0.05) is 0 Å². The highest BCUT2D eigenvalue weighted by molar-refractivity contribution is 6.22. The van der Waals surface area contributed by atoms with E-state index in [-0.39, 0.29) is 23.7 Å². The molecule has 3 amide bonds. The second-order valence-corrected chi connectivity index (χ2v) is 6.77. The van der Waals surface area contributed by atoms with E-state index in [1.165, 1.54) is 12.1 Å². The van der Waals surface area contributed by atoms with Crippen molar-refractivity contribution in [3.05, 3.63) is 88.0 Å². The molecule has 4 N–H and O–H groups in total. The highest BCUT2D eigenvalue weighted by Crippen LogP contribution is 2.23. The van der Waals surface area contributed by atoms with E-state index in [0.717, 1.165) is 16.8 Å². The second kappa shape index (κ2) is 7.23. The van der Waals surface area contributed by atoms with E-state index in [9.17, 15) is 18.8 Å². The molecule has 146 valence electrons. The highest BCUT2D eigenvalue weighted by atomic mass is 19.1. The molecule has 0 atom stereocenters. The minimum Gasteiger partial charge on any atom is -0.311 e. The van der Waals surface area contributed by atoms with E-state index in [2.05, 4.69) is 21.5 Å². The maximum atomic E-state index is 13.0. The van der Waals surface area contributed by atoms with Crippen LogP contribution in [0.3, 0.4) is 0 Å². The molecule has 0 aromatic heterocycles. The number of carbonyl (C=O) groups excluding carboxylic acids is 3. The number of hydrogen-bond donors (Lipinski definition) is 4. The molecule has 0 aliphatic carbocycles. The SMILES string of the molecule is Cc1cc(CC(=O)NC2=CC=C(c3ccc(F)cc3)NN2)c2c(c1)C(=O)NC2=O. The first-order valence-electron chi connectivity index (χ1n) is 8.90. The van der Waals surface area contributed by atoms with Gasteiger partial charge in [-0.3, -0.25) is 30.6 Å². The van der Waals surface area contributed by atoms with Crippen LogP contribution in [0.4, 0.5) is 4.39 Å². The molecule has 0 fully saturated rings. The van der Waals surface area contributed by atoms with Gasteiger partial charge in [0.15, 0.2) is 0 Å². The molecule has 0 bridgehead atoms. The third-order valence-electron chi connectivity index (χ3n) is 4.59. The Kier molecular flexibility index (Phi) is 4.59. The maximum Gasteiger partial charge on any atom is 0.259 e. The van der Waals surface area contributed by atoms with E-state index in [1.807, 2.05) is 0 Å². The molecule has 2 aliphatic heterocycles. The maximum absolute atomic E-state index is 13.0. The van der Waals surface area contributed by atoms with Crippen LogP contribution in [0.15, 0.2) is 54.4 Å².